The molecular formula is C12H19N3O2. The Morgan fingerprint density at radius 1 is 1.41 bits per heavy atom. The molecule has 0 unspecified atom stereocenters. The van der Waals surface area contributed by atoms with Crippen molar-refractivity contribution in [3.8, 4) is 11.5 Å². The molecule has 1 aliphatic heterocycles. The predicted octanol–water partition coefficient (Wildman–Crippen LogP) is 0.632. The summed E-state index contributed by atoms with van der Waals surface area (Å²) in [5.41, 5.74) is 6.80. The van der Waals surface area contributed by atoms with Crippen LogP contribution in [0.15, 0.2) is 12.3 Å². The van der Waals surface area contributed by atoms with Gasteiger partial charge in [0.25, 0.3) is 0 Å². The number of nitrogens with two attached hydrogens (primary N) is 1. The van der Waals surface area contributed by atoms with E-state index < -0.39 is 0 Å². The number of nitrogens with zero attached hydrogens (tertiary/aromatic N) is 2. The summed E-state index contributed by atoms with van der Waals surface area (Å²) in [6, 6.07) is 1.80. The third-order valence-electron chi connectivity index (χ3n) is 2.91. The van der Waals surface area contributed by atoms with Crippen LogP contribution in [-0.2, 0) is 6.54 Å². The molecule has 94 valence electrons. The molecule has 1 aromatic rings. The van der Waals surface area contributed by atoms with E-state index in [1.165, 1.54) is 0 Å². The van der Waals surface area contributed by atoms with Gasteiger partial charge >= 0.3 is 0 Å². The first kappa shape index (κ1) is 12.1. The Bertz CT molecular complexity index is 399. The molecule has 5 nitrogen and oxygen atoms in total. The van der Waals surface area contributed by atoms with Crippen molar-refractivity contribution in [1.82, 2.24) is 9.88 Å². The van der Waals surface area contributed by atoms with Crippen LogP contribution in [0.1, 0.15) is 12.6 Å². The van der Waals surface area contributed by atoms with Gasteiger partial charge in [0, 0.05) is 37.4 Å². The zero-order valence-electron chi connectivity index (χ0n) is 10.6. The van der Waals surface area contributed by atoms with E-state index in [0.29, 0.717) is 11.5 Å². The highest BCUT2D eigenvalue weighted by Crippen LogP contribution is 2.31. The van der Waals surface area contributed by atoms with Crippen molar-refractivity contribution < 1.29 is 9.47 Å². The highest BCUT2D eigenvalue weighted by molar-refractivity contribution is 5.42. The van der Waals surface area contributed by atoms with Crippen LogP contribution < -0.4 is 15.2 Å². The summed E-state index contributed by atoms with van der Waals surface area (Å²) >= 11 is 0. The maximum absolute atomic E-state index is 5.97. The molecule has 2 N–H and O–H groups in total. The van der Waals surface area contributed by atoms with Crippen LogP contribution in [-0.4, -0.2) is 42.7 Å². The fourth-order valence-electron chi connectivity index (χ4n) is 2.26. The Balaban J connectivity index is 2.11. The van der Waals surface area contributed by atoms with Crippen molar-refractivity contribution in [1.29, 1.82) is 0 Å². The van der Waals surface area contributed by atoms with E-state index in [1.54, 1.807) is 26.5 Å². The molecule has 5 heteroatoms. The minimum absolute atomic E-state index is 0.0634. The Labute approximate surface area is 102 Å². The van der Waals surface area contributed by atoms with Crippen LogP contribution in [0, 0.1) is 0 Å². The standard InChI is InChI=1S/C12H19N3O2/c1-12(13)7-15(8-12)6-9-11(17-3)10(16-2)4-5-14-9/h4-5H,6-8,13H2,1-3H3. The molecule has 0 atom stereocenters. The quantitative estimate of drug-likeness (QED) is 0.832. The minimum Gasteiger partial charge on any atom is -0.493 e. The number of hydrogen-bond acceptors (Lipinski definition) is 5. The van der Waals surface area contributed by atoms with Crippen LogP contribution in [0.25, 0.3) is 0 Å². The zero-order chi connectivity index (χ0) is 12.5. The number of methoxy groups -OCH3 is 2. The molecule has 0 radical (unpaired) electrons. The summed E-state index contributed by atoms with van der Waals surface area (Å²) in [5, 5.41) is 0. The molecule has 0 bridgehead atoms. The van der Waals surface area contributed by atoms with E-state index >= 15 is 0 Å². The van der Waals surface area contributed by atoms with Crippen molar-refractivity contribution in [2.75, 3.05) is 27.3 Å². The van der Waals surface area contributed by atoms with Crippen molar-refractivity contribution >= 4 is 0 Å². The molecule has 1 saturated heterocycles. The molecule has 2 rings (SSSR count). The van der Waals surface area contributed by atoms with Crippen molar-refractivity contribution in [3.05, 3.63) is 18.0 Å². The number of aromatic nitrogens is 1. The smallest absolute Gasteiger partial charge is 0.183 e. The molecule has 1 aromatic heterocycles. The number of hydrogen-bond donors (Lipinski definition) is 1. The molecule has 1 fully saturated rings. The molecule has 0 amide bonds. The molecule has 0 aliphatic carbocycles. The molecule has 2 heterocycles. The van der Waals surface area contributed by atoms with E-state index in [1.807, 2.05) is 0 Å². The minimum atomic E-state index is -0.0634. The van der Waals surface area contributed by atoms with Gasteiger partial charge in [0.1, 0.15) is 5.69 Å². The molecule has 0 aromatic carbocycles. The van der Waals surface area contributed by atoms with Gasteiger partial charge in [-0.2, -0.15) is 0 Å². The summed E-state index contributed by atoms with van der Waals surface area (Å²) < 4.78 is 10.6. The Hall–Kier alpha value is -1.33. The second-order valence-corrected chi connectivity index (χ2v) is 4.79. The summed E-state index contributed by atoms with van der Waals surface area (Å²) in [7, 11) is 3.26. The molecule has 0 spiro atoms. The lowest BCUT2D eigenvalue weighted by molar-refractivity contribution is 0.0741. The average Bonchev–Trinajstić information content (AvgIpc) is 2.26. The van der Waals surface area contributed by atoms with Crippen LogP contribution in [0.2, 0.25) is 0 Å². The van der Waals surface area contributed by atoms with Gasteiger partial charge in [-0.3, -0.25) is 9.88 Å². The molecular weight excluding hydrogens is 218 g/mol. The SMILES string of the molecule is COc1ccnc(CN2CC(C)(N)C2)c1OC. The lowest BCUT2D eigenvalue weighted by Crippen LogP contribution is -2.64. The van der Waals surface area contributed by atoms with E-state index in [0.717, 1.165) is 25.3 Å². The zero-order valence-corrected chi connectivity index (χ0v) is 10.6. The van der Waals surface area contributed by atoms with Gasteiger partial charge in [-0.25, -0.2) is 0 Å². The number of ether oxygens (including phenoxy) is 2. The highest BCUT2D eigenvalue weighted by atomic mass is 16.5. The van der Waals surface area contributed by atoms with Crippen molar-refractivity contribution in [2.45, 2.75) is 19.0 Å². The maximum Gasteiger partial charge on any atom is 0.183 e. The lowest BCUT2D eigenvalue weighted by atomic mass is 9.93. The average molecular weight is 237 g/mol. The summed E-state index contributed by atoms with van der Waals surface area (Å²) in [5.74, 6) is 1.43. The van der Waals surface area contributed by atoms with Gasteiger partial charge in [0.2, 0.25) is 0 Å². The van der Waals surface area contributed by atoms with Crippen LogP contribution in [0.5, 0.6) is 11.5 Å². The fraction of sp³-hybridized carbons (Fsp3) is 0.583. The van der Waals surface area contributed by atoms with Crippen molar-refractivity contribution in [3.63, 3.8) is 0 Å². The van der Waals surface area contributed by atoms with Gasteiger partial charge in [-0.1, -0.05) is 0 Å². The van der Waals surface area contributed by atoms with E-state index in [2.05, 4.69) is 16.8 Å². The van der Waals surface area contributed by atoms with Gasteiger partial charge in [0.15, 0.2) is 11.5 Å². The second kappa shape index (κ2) is 4.50. The second-order valence-electron chi connectivity index (χ2n) is 4.79. The topological polar surface area (TPSA) is 60.6 Å². The van der Waals surface area contributed by atoms with Crippen LogP contribution in [0.3, 0.4) is 0 Å². The van der Waals surface area contributed by atoms with Gasteiger partial charge < -0.3 is 15.2 Å². The molecule has 17 heavy (non-hydrogen) atoms. The highest BCUT2D eigenvalue weighted by Gasteiger charge is 2.35. The third kappa shape index (κ3) is 2.50. The van der Waals surface area contributed by atoms with E-state index in [9.17, 15) is 0 Å². The Morgan fingerprint density at radius 2 is 2.12 bits per heavy atom. The normalized spacial score (nSPS) is 18.6. The monoisotopic (exact) mass is 237 g/mol. The summed E-state index contributed by atoms with van der Waals surface area (Å²) in [6.45, 7) is 4.57. The first-order chi connectivity index (χ1) is 8.05. The van der Waals surface area contributed by atoms with Crippen LogP contribution >= 0.6 is 0 Å². The Morgan fingerprint density at radius 3 is 2.65 bits per heavy atom. The van der Waals surface area contributed by atoms with E-state index in [-0.39, 0.29) is 5.54 Å². The van der Waals surface area contributed by atoms with Crippen molar-refractivity contribution in [2.24, 2.45) is 5.73 Å². The number of pyridine rings is 1. The predicted molar refractivity (Wildman–Crippen MR) is 65.2 cm³/mol. The fourth-order valence-corrected chi connectivity index (χ4v) is 2.26. The first-order valence-electron chi connectivity index (χ1n) is 5.63. The number of rotatable bonds is 4. The molecule has 1 aliphatic rings. The summed E-state index contributed by atoms with van der Waals surface area (Å²) in [4.78, 5) is 6.58. The Kier molecular flexibility index (Phi) is 3.22. The van der Waals surface area contributed by atoms with Gasteiger partial charge in [-0.05, 0) is 6.92 Å². The first-order valence-corrected chi connectivity index (χ1v) is 5.63. The largest absolute Gasteiger partial charge is 0.493 e. The number of likely N-dealkylation sites (tertiary alicyclic amines) is 1. The van der Waals surface area contributed by atoms with Crippen LogP contribution in [0.4, 0.5) is 0 Å². The molecule has 0 saturated carbocycles. The maximum atomic E-state index is 5.97. The van der Waals surface area contributed by atoms with Gasteiger partial charge in [0.05, 0.1) is 14.2 Å². The third-order valence-corrected chi connectivity index (χ3v) is 2.91. The van der Waals surface area contributed by atoms with E-state index in [4.69, 9.17) is 15.2 Å². The summed E-state index contributed by atoms with van der Waals surface area (Å²) in [6.07, 6.45) is 1.73. The van der Waals surface area contributed by atoms with Gasteiger partial charge in [-0.15, -0.1) is 0 Å². The lowest BCUT2D eigenvalue weighted by Gasteiger charge is -2.45.